The third-order valence-electron chi connectivity index (χ3n) is 3.07. The summed E-state index contributed by atoms with van der Waals surface area (Å²) < 4.78 is 5.79. The highest BCUT2D eigenvalue weighted by Crippen LogP contribution is 2.31. The number of nitrogens with zero attached hydrogens (tertiary/aromatic N) is 3. The van der Waals surface area contributed by atoms with Gasteiger partial charge in [0.2, 0.25) is 12.1 Å². The van der Waals surface area contributed by atoms with Crippen LogP contribution in [0.4, 0.5) is 0 Å². The Kier molecular flexibility index (Phi) is 4.00. The minimum absolute atomic E-state index is 0.163. The SMILES string of the molecule is CC(=O)N1N=C(c2nc(Cl)ccc2Cl)OC1c1ccccc1. The molecule has 1 aromatic carbocycles. The lowest BCUT2D eigenvalue weighted by Gasteiger charge is -2.19. The highest BCUT2D eigenvalue weighted by atomic mass is 35.5. The summed E-state index contributed by atoms with van der Waals surface area (Å²) in [5.41, 5.74) is 1.11. The van der Waals surface area contributed by atoms with E-state index in [0.29, 0.717) is 10.7 Å². The van der Waals surface area contributed by atoms with Crippen molar-refractivity contribution in [1.29, 1.82) is 0 Å². The van der Waals surface area contributed by atoms with Crippen molar-refractivity contribution < 1.29 is 9.53 Å². The minimum atomic E-state index is -0.648. The van der Waals surface area contributed by atoms with E-state index < -0.39 is 6.23 Å². The average molecular weight is 336 g/mol. The molecule has 2 aromatic rings. The molecule has 0 aliphatic carbocycles. The van der Waals surface area contributed by atoms with Crippen LogP contribution in [0.3, 0.4) is 0 Å². The quantitative estimate of drug-likeness (QED) is 0.787. The Labute approximate surface area is 137 Å². The molecule has 0 saturated heterocycles. The number of hydrazone groups is 1. The van der Waals surface area contributed by atoms with E-state index in [1.54, 1.807) is 12.1 Å². The van der Waals surface area contributed by atoms with Gasteiger partial charge in [-0.2, -0.15) is 5.01 Å². The van der Waals surface area contributed by atoms with Crippen molar-refractivity contribution in [2.45, 2.75) is 13.2 Å². The lowest BCUT2D eigenvalue weighted by atomic mass is 10.2. The maximum absolute atomic E-state index is 11.8. The minimum Gasteiger partial charge on any atom is -0.445 e. The second kappa shape index (κ2) is 5.94. The summed E-state index contributed by atoms with van der Waals surface area (Å²) in [7, 11) is 0. The monoisotopic (exact) mass is 335 g/mol. The molecule has 1 amide bonds. The normalized spacial score (nSPS) is 17.1. The van der Waals surface area contributed by atoms with Crippen LogP contribution in [0.25, 0.3) is 0 Å². The van der Waals surface area contributed by atoms with Crippen molar-refractivity contribution >= 4 is 35.0 Å². The van der Waals surface area contributed by atoms with Gasteiger partial charge in [-0.25, -0.2) is 4.98 Å². The topological polar surface area (TPSA) is 54.8 Å². The summed E-state index contributed by atoms with van der Waals surface area (Å²) in [6, 6.07) is 12.5. The molecule has 0 N–H and O–H groups in total. The molecule has 0 radical (unpaired) electrons. The predicted molar refractivity (Wildman–Crippen MR) is 83.6 cm³/mol. The summed E-state index contributed by atoms with van der Waals surface area (Å²) in [5, 5.41) is 6.06. The molecule has 0 spiro atoms. The molecular formula is C15H11Cl2N3O2. The molecule has 0 saturated carbocycles. The van der Waals surface area contributed by atoms with Gasteiger partial charge in [-0.3, -0.25) is 4.79 Å². The number of carbonyl (C=O) groups is 1. The van der Waals surface area contributed by atoms with Crippen LogP contribution in [0.5, 0.6) is 0 Å². The van der Waals surface area contributed by atoms with E-state index in [-0.39, 0.29) is 17.0 Å². The largest absolute Gasteiger partial charge is 0.445 e. The number of hydrogen-bond donors (Lipinski definition) is 0. The first-order chi connectivity index (χ1) is 10.6. The fraction of sp³-hybridized carbons (Fsp3) is 0.133. The van der Waals surface area contributed by atoms with Gasteiger partial charge in [-0.05, 0) is 12.1 Å². The highest BCUT2D eigenvalue weighted by Gasteiger charge is 2.34. The molecule has 0 bridgehead atoms. The Morgan fingerprint density at radius 2 is 1.91 bits per heavy atom. The van der Waals surface area contributed by atoms with Crippen molar-refractivity contribution in [3.8, 4) is 0 Å². The number of pyridine rings is 1. The third-order valence-corrected chi connectivity index (χ3v) is 3.58. The fourth-order valence-electron chi connectivity index (χ4n) is 2.06. The molecule has 112 valence electrons. The van der Waals surface area contributed by atoms with Crippen molar-refractivity contribution in [1.82, 2.24) is 9.99 Å². The van der Waals surface area contributed by atoms with E-state index >= 15 is 0 Å². The second-order valence-electron chi connectivity index (χ2n) is 4.61. The molecule has 1 aromatic heterocycles. The third kappa shape index (κ3) is 2.77. The molecule has 0 fully saturated rings. The van der Waals surface area contributed by atoms with Crippen LogP contribution in [-0.4, -0.2) is 21.8 Å². The van der Waals surface area contributed by atoms with E-state index in [1.807, 2.05) is 30.3 Å². The number of amides is 1. The number of rotatable bonds is 2. The first-order valence-corrected chi connectivity index (χ1v) is 7.24. The van der Waals surface area contributed by atoms with Gasteiger partial charge < -0.3 is 4.74 Å². The summed E-state index contributed by atoms with van der Waals surface area (Å²) in [4.78, 5) is 15.9. The zero-order valence-corrected chi connectivity index (χ0v) is 13.0. The molecule has 2 heterocycles. The van der Waals surface area contributed by atoms with Crippen molar-refractivity contribution in [2.24, 2.45) is 5.10 Å². The van der Waals surface area contributed by atoms with Crippen LogP contribution in [0, 0.1) is 0 Å². The number of ether oxygens (including phenoxy) is 1. The predicted octanol–water partition coefficient (Wildman–Crippen LogP) is 3.63. The molecular weight excluding hydrogens is 325 g/mol. The van der Waals surface area contributed by atoms with Crippen molar-refractivity contribution in [3.05, 3.63) is 63.9 Å². The highest BCUT2D eigenvalue weighted by molar-refractivity contribution is 6.34. The maximum Gasteiger partial charge on any atom is 0.261 e. The number of benzene rings is 1. The van der Waals surface area contributed by atoms with Crippen molar-refractivity contribution in [2.75, 3.05) is 0 Å². The molecule has 3 rings (SSSR count). The van der Waals surface area contributed by atoms with E-state index in [1.165, 1.54) is 11.9 Å². The van der Waals surface area contributed by atoms with Crippen LogP contribution < -0.4 is 0 Å². The van der Waals surface area contributed by atoms with Gasteiger partial charge >= 0.3 is 0 Å². The number of aromatic nitrogens is 1. The maximum atomic E-state index is 11.8. The lowest BCUT2D eigenvalue weighted by Crippen LogP contribution is -2.25. The molecule has 1 aliphatic heterocycles. The molecule has 1 unspecified atom stereocenters. The number of carbonyl (C=O) groups excluding carboxylic acids is 1. The average Bonchev–Trinajstić information content (AvgIpc) is 2.96. The summed E-state index contributed by atoms with van der Waals surface area (Å²) in [5.74, 6) is -0.0847. The van der Waals surface area contributed by atoms with E-state index in [4.69, 9.17) is 27.9 Å². The van der Waals surface area contributed by atoms with Crippen LogP contribution >= 0.6 is 23.2 Å². The van der Waals surface area contributed by atoms with Crippen LogP contribution in [0.2, 0.25) is 10.2 Å². The first-order valence-electron chi connectivity index (χ1n) is 6.48. The Morgan fingerprint density at radius 3 is 2.59 bits per heavy atom. The van der Waals surface area contributed by atoms with Gasteiger partial charge in [0.1, 0.15) is 10.8 Å². The van der Waals surface area contributed by atoms with E-state index in [9.17, 15) is 4.79 Å². The first kappa shape index (κ1) is 14.8. The van der Waals surface area contributed by atoms with Gasteiger partial charge in [0, 0.05) is 12.5 Å². The molecule has 1 atom stereocenters. The Bertz CT molecular complexity index is 750. The Balaban J connectivity index is 2.00. The fourth-order valence-corrected chi connectivity index (χ4v) is 2.40. The summed E-state index contributed by atoms with van der Waals surface area (Å²) in [6.45, 7) is 1.42. The lowest BCUT2D eigenvalue weighted by molar-refractivity contribution is -0.135. The molecule has 1 aliphatic rings. The van der Waals surface area contributed by atoms with Crippen LogP contribution in [0.1, 0.15) is 24.4 Å². The smallest absolute Gasteiger partial charge is 0.261 e. The van der Waals surface area contributed by atoms with Crippen LogP contribution in [-0.2, 0) is 9.53 Å². The molecule has 7 heteroatoms. The molecule has 22 heavy (non-hydrogen) atoms. The zero-order chi connectivity index (χ0) is 15.7. The Morgan fingerprint density at radius 1 is 1.18 bits per heavy atom. The standard InChI is InChI=1S/C15H11Cl2N3O2/c1-9(21)20-15(10-5-3-2-4-6-10)22-14(19-20)13-11(16)7-8-12(17)18-13/h2-8,15H,1H3. The molecule has 5 nitrogen and oxygen atoms in total. The van der Waals surface area contributed by atoms with E-state index in [2.05, 4.69) is 10.1 Å². The van der Waals surface area contributed by atoms with Gasteiger partial charge in [0.05, 0.1) is 5.02 Å². The van der Waals surface area contributed by atoms with Crippen molar-refractivity contribution in [3.63, 3.8) is 0 Å². The van der Waals surface area contributed by atoms with Gasteiger partial charge in [-0.15, -0.1) is 5.10 Å². The summed E-state index contributed by atoms with van der Waals surface area (Å²) >= 11 is 12.0. The number of hydrogen-bond acceptors (Lipinski definition) is 4. The second-order valence-corrected chi connectivity index (χ2v) is 5.41. The van der Waals surface area contributed by atoms with Crippen LogP contribution in [0.15, 0.2) is 47.6 Å². The summed E-state index contributed by atoms with van der Waals surface area (Å²) in [6.07, 6.45) is -0.648. The Hall–Kier alpha value is -2.11. The zero-order valence-electron chi connectivity index (χ0n) is 11.5. The number of halogens is 2. The van der Waals surface area contributed by atoms with Gasteiger partial charge in [0.25, 0.3) is 5.90 Å². The van der Waals surface area contributed by atoms with Gasteiger partial charge in [0.15, 0.2) is 0 Å². The van der Waals surface area contributed by atoms with Gasteiger partial charge in [-0.1, -0.05) is 53.5 Å². The van der Waals surface area contributed by atoms with E-state index in [0.717, 1.165) is 5.56 Å².